The molecule has 2 aromatic heterocycles. The number of aromatic nitrogens is 3. The minimum Gasteiger partial charge on any atom is -0.378 e. The van der Waals surface area contributed by atoms with Crippen LogP contribution in [-0.4, -0.2) is 57.7 Å². The van der Waals surface area contributed by atoms with Crippen molar-refractivity contribution in [3.63, 3.8) is 0 Å². The smallest absolute Gasteiger partial charge is 0.290 e. The number of carbonyl (C=O) groups excluding carboxylic acids is 2. The van der Waals surface area contributed by atoms with Gasteiger partial charge in [-0.25, -0.2) is 14.1 Å². The van der Waals surface area contributed by atoms with Gasteiger partial charge in [-0.15, -0.1) is 0 Å². The van der Waals surface area contributed by atoms with Crippen molar-refractivity contribution >= 4 is 23.2 Å². The van der Waals surface area contributed by atoms with Crippen molar-refractivity contribution in [1.82, 2.24) is 19.7 Å². The largest absolute Gasteiger partial charge is 0.378 e. The van der Waals surface area contributed by atoms with E-state index in [9.17, 15) is 18.8 Å². The Hall–Kier alpha value is -4.70. The monoisotopic (exact) mass is 597 g/mol. The molecule has 1 saturated heterocycles. The van der Waals surface area contributed by atoms with E-state index in [1.165, 1.54) is 17.9 Å². The van der Waals surface area contributed by atoms with Gasteiger partial charge in [0.15, 0.2) is 5.78 Å². The Morgan fingerprint density at radius 2 is 1.70 bits per heavy atom. The fourth-order valence-electron chi connectivity index (χ4n) is 5.14. The van der Waals surface area contributed by atoms with Crippen LogP contribution >= 0.6 is 0 Å². The van der Waals surface area contributed by atoms with Crippen LogP contribution in [0.5, 0.6) is 0 Å². The molecule has 0 bridgehead atoms. The standard InChI is InChI=1S/C34H36FN5O4/c1-34(2,3)25-11-8-22(9-12-25)30(41)18-23-6-5-7-26(27(23)20-35)28-19-29(33(43)39(4)38-28)37-31-13-10-24(21-36-31)32(42)40-14-16-44-17-15-40/h5-13,19,21H,14-18,20H2,1-4H3,(H,36,37). The van der Waals surface area contributed by atoms with Crippen LogP contribution in [0.1, 0.15) is 58.2 Å². The zero-order valence-electron chi connectivity index (χ0n) is 25.4. The number of hydrogen-bond donors (Lipinski definition) is 1. The molecule has 0 radical (unpaired) electrons. The summed E-state index contributed by atoms with van der Waals surface area (Å²) in [6.45, 7) is 7.57. The second-order valence-electron chi connectivity index (χ2n) is 11.8. The second kappa shape index (κ2) is 12.9. The van der Waals surface area contributed by atoms with Crippen LogP contribution in [0.4, 0.5) is 15.9 Å². The summed E-state index contributed by atoms with van der Waals surface area (Å²) in [5, 5.41) is 7.40. The van der Waals surface area contributed by atoms with E-state index in [-0.39, 0.29) is 29.2 Å². The van der Waals surface area contributed by atoms with E-state index in [2.05, 4.69) is 36.2 Å². The highest BCUT2D eigenvalue weighted by Gasteiger charge is 2.20. The van der Waals surface area contributed by atoms with Gasteiger partial charge in [0.2, 0.25) is 0 Å². The Kier molecular flexibility index (Phi) is 9.01. The topological polar surface area (TPSA) is 106 Å². The average molecular weight is 598 g/mol. The zero-order chi connectivity index (χ0) is 31.4. The fraction of sp³-hybridized carbons (Fsp3) is 0.324. The molecular weight excluding hydrogens is 561 g/mol. The highest BCUT2D eigenvalue weighted by Crippen LogP contribution is 2.29. The number of ether oxygens (including phenoxy) is 1. The number of carbonyl (C=O) groups is 2. The van der Waals surface area contributed by atoms with Gasteiger partial charge >= 0.3 is 0 Å². The maximum atomic E-state index is 14.6. The van der Waals surface area contributed by atoms with Gasteiger partial charge in [-0.05, 0) is 40.3 Å². The average Bonchev–Trinajstić information content (AvgIpc) is 3.03. The molecule has 228 valence electrons. The van der Waals surface area contributed by atoms with Gasteiger partial charge in [-0.1, -0.05) is 63.2 Å². The molecule has 1 aliphatic rings. The van der Waals surface area contributed by atoms with Gasteiger partial charge in [-0.2, -0.15) is 5.10 Å². The first-order valence-corrected chi connectivity index (χ1v) is 14.5. The summed E-state index contributed by atoms with van der Waals surface area (Å²) in [5.74, 6) is 0.114. The van der Waals surface area contributed by atoms with Crippen molar-refractivity contribution in [2.75, 3.05) is 31.6 Å². The molecule has 0 saturated carbocycles. The zero-order valence-corrected chi connectivity index (χ0v) is 25.4. The Labute approximate surface area is 255 Å². The van der Waals surface area contributed by atoms with Gasteiger partial charge in [0, 0.05) is 43.9 Å². The van der Waals surface area contributed by atoms with E-state index in [1.807, 2.05) is 24.3 Å². The van der Waals surface area contributed by atoms with E-state index >= 15 is 0 Å². The van der Waals surface area contributed by atoms with Crippen LogP contribution in [0.2, 0.25) is 0 Å². The number of nitrogens with one attached hydrogen (secondary N) is 1. The number of anilines is 2. The number of pyridine rings is 1. The van der Waals surface area contributed by atoms with Gasteiger partial charge in [0.25, 0.3) is 11.5 Å². The maximum Gasteiger partial charge on any atom is 0.290 e. The number of morpholine rings is 1. The number of ketones is 1. The lowest BCUT2D eigenvalue weighted by Gasteiger charge is -2.26. The first-order valence-electron chi connectivity index (χ1n) is 14.5. The number of nitrogens with zero attached hydrogens (tertiary/aromatic N) is 4. The van der Waals surface area contributed by atoms with Crippen molar-refractivity contribution in [2.24, 2.45) is 7.05 Å². The molecule has 44 heavy (non-hydrogen) atoms. The summed E-state index contributed by atoms with van der Waals surface area (Å²) in [6.07, 6.45) is 1.49. The first-order chi connectivity index (χ1) is 21.0. The van der Waals surface area contributed by atoms with Crippen LogP contribution < -0.4 is 10.9 Å². The van der Waals surface area contributed by atoms with E-state index in [0.29, 0.717) is 65.6 Å². The van der Waals surface area contributed by atoms with Crippen LogP contribution in [0.25, 0.3) is 11.3 Å². The van der Waals surface area contributed by atoms with Gasteiger partial charge < -0.3 is 15.0 Å². The summed E-state index contributed by atoms with van der Waals surface area (Å²) in [7, 11) is 1.51. The lowest BCUT2D eigenvalue weighted by Crippen LogP contribution is -2.40. The van der Waals surface area contributed by atoms with Crippen LogP contribution in [0.3, 0.4) is 0 Å². The third-order valence-electron chi connectivity index (χ3n) is 7.74. The summed E-state index contributed by atoms with van der Waals surface area (Å²) in [6, 6.07) is 17.6. The van der Waals surface area contributed by atoms with Gasteiger partial charge in [0.1, 0.15) is 18.2 Å². The van der Waals surface area contributed by atoms with Crippen molar-refractivity contribution in [1.29, 1.82) is 0 Å². The highest BCUT2D eigenvalue weighted by molar-refractivity contribution is 5.98. The predicted octanol–water partition coefficient (Wildman–Crippen LogP) is 5.25. The molecule has 3 heterocycles. The highest BCUT2D eigenvalue weighted by atomic mass is 19.1. The third-order valence-corrected chi connectivity index (χ3v) is 7.74. The third kappa shape index (κ3) is 6.75. The summed E-state index contributed by atoms with van der Waals surface area (Å²) < 4.78 is 21.0. The molecule has 0 spiro atoms. The maximum absolute atomic E-state index is 14.6. The molecule has 1 fully saturated rings. The van der Waals surface area contributed by atoms with E-state index in [0.717, 1.165) is 5.56 Å². The Balaban J connectivity index is 1.38. The molecular formula is C34H36FN5O4. The van der Waals surface area contributed by atoms with E-state index < -0.39 is 12.2 Å². The molecule has 4 aromatic rings. The number of amides is 1. The molecule has 9 nitrogen and oxygen atoms in total. The lowest BCUT2D eigenvalue weighted by molar-refractivity contribution is 0.0302. The molecule has 0 unspecified atom stereocenters. The second-order valence-corrected chi connectivity index (χ2v) is 11.8. The predicted molar refractivity (Wildman–Crippen MR) is 167 cm³/mol. The number of aryl methyl sites for hydroxylation is 1. The van der Waals surface area contributed by atoms with Gasteiger partial charge in [-0.3, -0.25) is 14.4 Å². The van der Waals surface area contributed by atoms with Crippen molar-refractivity contribution in [3.8, 4) is 11.3 Å². The lowest BCUT2D eigenvalue weighted by atomic mass is 9.86. The van der Waals surface area contributed by atoms with Crippen molar-refractivity contribution < 1.29 is 18.7 Å². The number of hydrogen-bond acceptors (Lipinski definition) is 7. The molecule has 1 aliphatic heterocycles. The summed E-state index contributed by atoms with van der Waals surface area (Å²) >= 11 is 0. The number of benzene rings is 2. The number of rotatable bonds is 8. The molecule has 1 N–H and O–H groups in total. The fourth-order valence-corrected chi connectivity index (χ4v) is 5.14. The number of halogens is 1. The van der Waals surface area contributed by atoms with Crippen LogP contribution in [0, 0.1) is 0 Å². The summed E-state index contributed by atoms with van der Waals surface area (Å²) in [4.78, 5) is 44.9. The number of alkyl halides is 1. The SMILES string of the molecule is Cn1nc(-c2cccc(CC(=O)c3ccc(C(C)(C)C)cc3)c2CF)cc(Nc2ccc(C(=O)N3CCOCC3)cn2)c1=O. The van der Waals surface area contributed by atoms with Crippen LogP contribution in [0.15, 0.2) is 71.7 Å². The number of Topliss-reactive ketones (excluding diaryl/α,β-unsaturated/α-hetero) is 1. The molecule has 0 aliphatic carbocycles. The Morgan fingerprint density at radius 1 is 1.00 bits per heavy atom. The minimum atomic E-state index is -0.810. The Morgan fingerprint density at radius 3 is 2.34 bits per heavy atom. The molecule has 1 amide bonds. The van der Waals surface area contributed by atoms with Crippen LogP contribution in [-0.2, 0) is 30.3 Å². The quantitative estimate of drug-likeness (QED) is 0.277. The molecule has 0 atom stereocenters. The van der Waals surface area contributed by atoms with Gasteiger partial charge in [0.05, 0.1) is 24.5 Å². The first kappa shape index (κ1) is 30.7. The molecule has 2 aromatic carbocycles. The van der Waals surface area contributed by atoms with E-state index in [1.54, 1.807) is 41.3 Å². The van der Waals surface area contributed by atoms with Crippen molar-refractivity contribution in [2.45, 2.75) is 39.3 Å². The van der Waals surface area contributed by atoms with E-state index in [4.69, 9.17) is 4.74 Å². The summed E-state index contributed by atoms with van der Waals surface area (Å²) in [5.41, 5.74) is 3.61. The molecule has 5 rings (SSSR count). The Bertz CT molecular complexity index is 1720. The normalized spacial score (nSPS) is 13.5. The molecule has 10 heteroatoms. The van der Waals surface area contributed by atoms with Crippen molar-refractivity contribution in [3.05, 3.63) is 105 Å². The minimum absolute atomic E-state index is 0.0261.